The Morgan fingerprint density at radius 1 is 1.00 bits per heavy atom. The van der Waals surface area contributed by atoms with Crippen LogP contribution in [0.3, 0.4) is 0 Å². The molecule has 1 saturated carbocycles. The first kappa shape index (κ1) is 17.4. The number of piperazine rings is 1. The van der Waals surface area contributed by atoms with Crippen molar-refractivity contribution in [2.75, 3.05) is 26.2 Å². The number of hydrogen-bond acceptors (Lipinski definition) is 3. The minimum atomic E-state index is -0.543. The van der Waals surface area contributed by atoms with Gasteiger partial charge in [0.1, 0.15) is 5.82 Å². The average molecular weight is 347 g/mol. The summed E-state index contributed by atoms with van der Waals surface area (Å²) in [4.78, 5) is 39.3. The van der Waals surface area contributed by atoms with Gasteiger partial charge in [0.15, 0.2) is 0 Å². The zero-order valence-corrected chi connectivity index (χ0v) is 14.0. The third-order valence-electron chi connectivity index (χ3n) is 4.57. The van der Waals surface area contributed by atoms with Crippen molar-refractivity contribution in [1.82, 2.24) is 15.1 Å². The van der Waals surface area contributed by atoms with Gasteiger partial charge >= 0.3 is 11.8 Å². The highest BCUT2D eigenvalue weighted by Gasteiger charge is 2.31. The number of aryl methyl sites for hydroxylation is 1. The molecule has 1 aliphatic heterocycles. The Morgan fingerprint density at radius 2 is 1.60 bits per heavy atom. The molecule has 7 heteroatoms. The van der Waals surface area contributed by atoms with Crippen molar-refractivity contribution in [3.8, 4) is 0 Å². The zero-order valence-electron chi connectivity index (χ0n) is 14.0. The lowest BCUT2D eigenvalue weighted by atomic mass is 10.1. The number of halogens is 1. The molecule has 6 nitrogen and oxygen atoms in total. The molecule has 3 amide bonds. The van der Waals surface area contributed by atoms with Crippen LogP contribution in [0.2, 0.25) is 0 Å². The van der Waals surface area contributed by atoms with Gasteiger partial charge in [0, 0.05) is 38.6 Å². The molecule has 0 atom stereocenters. The topological polar surface area (TPSA) is 69.7 Å². The van der Waals surface area contributed by atoms with Crippen LogP contribution in [0.25, 0.3) is 0 Å². The van der Waals surface area contributed by atoms with E-state index >= 15 is 0 Å². The van der Waals surface area contributed by atoms with Crippen LogP contribution in [0.15, 0.2) is 24.3 Å². The molecule has 0 radical (unpaired) electrons. The highest BCUT2D eigenvalue weighted by atomic mass is 19.1. The van der Waals surface area contributed by atoms with E-state index in [2.05, 4.69) is 5.32 Å². The fraction of sp³-hybridized carbons (Fsp3) is 0.500. The maximum atomic E-state index is 12.9. The van der Waals surface area contributed by atoms with E-state index < -0.39 is 11.8 Å². The van der Waals surface area contributed by atoms with Gasteiger partial charge in [-0.1, -0.05) is 12.1 Å². The molecule has 1 heterocycles. The molecule has 3 rings (SSSR count). The average Bonchev–Trinajstić information content (AvgIpc) is 3.44. The largest absolute Gasteiger partial charge is 0.345 e. The van der Waals surface area contributed by atoms with Gasteiger partial charge in [-0.25, -0.2) is 4.39 Å². The molecular weight excluding hydrogens is 325 g/mol. The Balaban J connectivity index is 1.41. The third-order valence-corrected chi connectivity index (χ3v) is 4.57. The monoisotopic (exact) mass is 347 g/mol. The van der Waals surface area contributed by atoms with E-state index in [1.165, 1.54) is 17.0 Å². The SMILES string of the molecule is O=C(NC1CC1)C(=O)N1CCN(C(=O)CCc2ccc(F)cc2)CC1. The lowest BCUT2D eigenvalue weighted by Gasteiger charge is -2.34. The Kier molecular flexibility index (Phi) is 5.31. The molecule has 25 heavy (non-hydrogen) atoms. The second-order valence-corrected chi connectivity index (χ2v) is 6.55. The van der Waals surface area contributed by atoms with Gasteiger partial charge in [-0.05, 0) is 37.0 Å². The number of carbonyl (C=O) groups is 3. The summed E-state index contributed by atoms with van der Waals surface area (Å²) in [6.45, 7) is 1.62. The molecule has 2 aliphatic rings. The Morgan fingerprint density at radius 3 is 2.20 bits per heavy atom. The summed E-state index contributed by atoms with van der Waals surface area (Å²) in [5.74, 6) is -1.33. The molecule has 1 aromatic rings. The molecule has 2 fully saturated rings. The van der Waals surface area contributed by atoms with Gasteiger partial charge in [0.2, 0.25) is 5.91 Å². The lowest BCUT2D eigenvalue weighted by Crippen LogP contribution is -2.54. The van der Waals surface area contributed by atoms with Gasteiger partial charge in [0.25, 0.3) is 0 Å². The molecule has 1 aromatic carbocycles. The Hall–Kier alpha value is -2.44. The lowest BCUT2D eigenvalue weighted by molar-refractivity contribution is -0.148. The van der Waals surface area contributed by atoms with E-state index in [-0.39, 0.29) is 17.8 Å². The van der Waals surface area contributed by atoms with E-state index in [1.807, 2.05) is 0 Å². The van der Waals surface area contributed by atoms with E-state index in [0.717, 1.165) is 18.4 Å². The quantitative estimate of drug-likeness (QED) is 0.816. The van der Waals surface area contributed by atoms with Gasteiger partial charge in [-0.2, -0.15) is 0 Å². The Labute approximate surface area is 146 Å². The number of hydrogen-bond donors (Lipinski definition) is 1. The number of rotatable bonds is 4. The molecule has 1 N–H and O–H groups in total. The Bertz CT molecular complexity index is 650. The summed E-state index contributed by atoms with van der Waals surface area (Å²) in [7, 11) is 0. The van der Waals surface area contributed by atoms with Crippen LogP contribution in [-0.4, -0.2) is 59.7 Å². The summed E-state index contributed by atoms with van der Waals surface area (Å²) < 4.78 is 12.9. The molecule has 0 spiro atoms. The van der Waals surface area contributed by atoms with Crippen LogP contribution in [0.1, 0.15) is 24.8 Å². The van der Waals surface area contributed by atoms with Crippen LogP contribution in [0.4, 0.5) is 4.39 Å². The fourth-order valence-corrected chi connectivity index (χ4v) is 2.84. The van der Waals surface area contributed by atoms with Crippen molar-refractivity contribution < 1.29 is 18.8 Å². The minimum absolute atomic E-state index is 0.0128. The summed E-state index contributed by atoms with van der Waals surface area (Å²) in [5.41, 5.74) is 0.917. The molecule has 1 aliphatic carbocycles. The van der Waals surface area contributed by atoms with Crippen molar-refractivity contribution in [1.29, 1.82) is 0 Å². The molecule has 1 saturated heterocycles. The second kappa shape index (κ2) is 7.63. The third kappa shape index (κ3) is 4.78. The maximum absolute atomic E-state index is 12.9. The van der Waals surface area contributed by atoms with E-state index in [1.54, 1.807) is 17.0 Å². The first-order chi connectivity index (χ1) is 12.0. The summed E-state index contributed by atoms with van der Waals surface area (Å²) >= 11 is 0. The predicted molar refractivity (Wildman–Crippen MR) is 89.0 cm³/mol. The summed E-state index contributed by atoms with van der Waals surface area (Å²) in [6.07, 6.45) is 2.79. The number of nitrogens with zero attached hydrogens (tertiary/aromatic N) is 2. The van der Waals surface area contributed by atoms with E-state index in [4.69, 9.17) is 0 Å². The van der Waals surface area contributed by atoms with E-state index in [9.17, 15) is 18.8 Å². The number of amides is 3. The van der Waals surface area contributed by atoms with Crippen LogP contribution >= 0.6 is 0 Å². The molecular formula is C18H22FN3O3. The van der Waals surface area contributed by atoms with Gasteiger partial charge in [-0.15, -0.1) is 0 Å². The van der Waals surface area contributed by atoms with Crippen molar-refractivity contribution in [2.45, 2.75) is 31.7 Å². The minimum Gasteiger partial charge on any atom is -0.345 e. The van der Waals surface area contributed by atoms with Gasteiger partial charge in [0.05, 0.1) is 0 Å². The van der Waals surface area contributed by atoms with Gasteiger partial charge < -0.3 is 15.1 Å². The molecule has 0 unspecified atom stereocenters. The highest BCUT2D eigenvalue weighted by molar-refractivity contribution is 6.35. The number of benzene rings is 1. The highest BCUT2D eigenvalue weighted by Crippen LogP contribution is 2.18. The normalized spacial score (nSPS) is 17.3. The van der Waals surface area contributed by atoms with Crippen LogP contribution < -0.4 is 5.32 Å². The molecule has 134 valence electrons. The second-order valence-electron chi connectivity index (χ2n) is 6.55. The smallest absolute Gasteiger partial charge is 0.312 e. The van der Waals surface area contributed by atoms with Crippen molar-refractivity contribution in [3.05, 3.63) is 35.6 Å². The predicted octanol–water partition coefficient (Wildman–Crippen LogP) is 0.708. The van der Waals surface area contributed by atoms with Crippen LogP contribution in [0.5, 0.6) is 0 Å². The van der Waals surface area contributed by atoms with Crippen molar-refractivity contribution >= 4 is 17.7 Å². The maximum Gasteiger partial charge on any atom is 0.312 e. The van der Waals surface area contributed by atoms with Gasteiger partial charge in [-0.3, -0.25) is 14.4 Å². The first-order valence-electron chi connectivity index (χ1n) is 8.65. The van der Waals surface area contributed by atoms with E-state index in [0.29, 0.717) is 39.0 Å². The fourth-order valence-electron chi connectivity index (χ4n) is 2.84. The molecule has 0 aromatic heterocycles. The van der Waals surface area contributed by atoms with Crippen molar-refractivity contribution in [2.24, 2.45) is 0 Å². The number of carbonyl (C=O) groups excluding carboxylic acids is 3. The first-order valence-corrected chi connectivity index (χ1v) is 8.65. The number of nitrogens with one attached hydrogen (secondary N) is 1. The summed E-state index contributed by atoms with van der Waals surface area (Å²) in [5, 5.41) is 2.69. The van der Waals surface area contributed by atoms with Crippen LogP contribution in [-0.2, 0) is 20.8 Å². The molecule has 0 bridgehead atoms. The zero-order chi connectivity index (χ0) is 17.8. The van der Waals surface area contributed by atoms with Crippen molar-refractivity contribution in [3.63, 3.8) is 0 Å². The summed E-state index contributed by atoms with van der Waals surface area (Å²) in [6, 6.07) is 6.29. The van der Waals surface area contributed by atoms with Crippen LogP contribution in [0, 0.1) is 5.82 Å². The standard InChI is InChI=1S/C18H22FN3O3/c19-14-4-1-13(2-5-14)3-8-16(23)21-9-11-22(12-10-21)18(25)17(24)20-15-6-7-15/h1-2,4-5,15H,3,6-12H2,(H,20,24).